The minimum Gasteiger partial charge on any atom is -0.274 e. The number of amides is 3. The summed E-state index contributed by atoms with van der Waals surface area (Å²) >= 11 is 0. The van der Waals surface area contributed by atoms with Gasteiger partial charge < -0.3 is 0 Å². The van der Waals surface area contributed by atoms with Crippen molar-refractivity contribution in [2.75, 3.05) is 6.54 Å². The predicted octanol–water partition coefficient (Wildman–Crippen LogP) is 1.31. The lowest BCUT2D eigenvalue weighted by Crippen LogP contribution is -2.41. The van der Waals surface area contributed by atoms with Gasteiger partial charge in [-0.05, 0) is 37.0 Å². The van der Waals surface area contributed by atoms with Crippen LogP contribution in [-0.2, 0) is 14.4 Å². The van der Waals surface area contributed by atoms with Crippen molar-refractivity contribution in [3.8, 4) is 0 Å². The molecule has 0 spiro atoms. The second kappa shape index (κ2) is 4.42. The molecule has 1 saturated heterocycles. The van der Waals surface area contributed by atoms with E-state index in [2.05, 4.69) is 31.3 Å². The Morgan fingerprint density at radius 3 is 2.43 bits per heavy atom. The highest BCUT2D eigenvalue weighted by atomic mass is 16.2. The molecular formula is C17H23N3O3. The van der Waals surface area contributed by atoms with Gasteiger partial charge in [0.2, 0.25) is 11.8 Å². The largest absolute Gasteiger partial charge is 0.274 e. The van der Waals surface area contributed by atoms with E-state index in [1.165, 1.54) is 6.42 Å². The molecule has 6 heteroatoms. The van der Waals surface area contributed by atoms with Gasteiger partial charge in [0.1, 0.15) is 6.54 Å². The van der Waals surface area contributed by atoms with E-state index in [1.807, 2.05) is 0 Å². The number of hydrogen-bond donors (Lipinski definition) is 1. The molecule has 1 heterocycles. The maximum absolute atomic E-state index is 12.1. The Labute approximate surface area is 135 Å². The van der Waals surface area contributed by atoms with Crippen molar-refractivity contribution in [1.82, 2.24) is 10.3 Å². The number of hydrogen-bond acceptors (Lipinski definition) is 4. The number of carbonyl (C=O) groups is 3. The van der Waals surface area contributed by atoms with E-state index < -0.39 is 0 Å². The third kappa shape index (κ3) is 1.86. The number of likely N-dealkylation sites (tertiary alicyclic amines) is 1. The molecule has 4 rings (SSSR count). The van der Waals surface area contributed by atoms with Crippen LogP contribution in [0.2, 0.25) is 0 Å². The average molecular weight is 317 g/mol. The van der Waals surface area contributed by atoms with Gasteiger partial charge in [-0.1, -0.05) is 20.8 Å². The van der Waals surface area contributed by atoms with Crippen molar-refractivity contribution in [3.05, 3.63) is 0 Å². The molecule has 4 atom stereocenters. The molecule has 124 valence electrons. The standard InChI is InChI=1S/C17H23N3O3/c1-16(2)9-4-5-17(16,3)12(6-9)18-19-13(21)8-20-14(22)10-7-11(10)15(20)23/h9-11H,4-8H2,1-3H3,(H,19,21)/b18-12+. The predicted molar refractivity (Wildman–Crippen MR) is 83.1 cm³/mol. The quantitative estimate of drug-likeness (QED) is 0.629. The highest BCUT2D eigenvalue weighted by Crippen LogP contribution is 2.63. The van der Waals surface area contributed by atoms with Gasteiger partial charge >= 0.3 is 0 Å². The van der Waals surface area contributed by atoms with Crippen LogP contribution in [0.25, 0.3) is 0 Å². The summed E-state index contributed by atoms with van der Waals surface area (Å²) in [6.07, 6.45) is 3.91. The van der Waals surface area contributed by atoms with Crippen molar-refractivity contribution >= 4 is 23.4 Å². The van der Waals surface area contributed by atoms with E-state index in [1.54, 1.807) is 0 Å². The third-order valence-corrected chi connectivity index (χ3v) is 7.09. The minimum absolute atomic E-state index is 0.0336. The molecule has 0 aromatic rings. The Morgan fingerprint density at radius 1 is 1.26 bits per heavy atom. The molecule has 2 bridgehead atoms. The summed E-state index contributed by atoms with van der Waals surface area (Å²) in [5, 5.41) is 4.36. The van der Waals surface area contributed by atoms with E-state index in [4.69, 9.17) is 0 Å². The second-order valence-electron chi connectivity index (χ2n) is 8.30. The Morgan fingerprint density at radius 2 is 1.91 bits per heavy atom. The zero-order chi connectivity index (χ0) is 16.6. The van der Waals surface area contributed by atoms with Crippen LogP contribution in [0, 0.1) is 28.6 Å². The van der Waals surface area contributed by atoms with Gasteiger partial charge in [-0.25, -0.2) is 5.43 Å². The van der Waals surface area contributed by atoms with Gasteiger partial charge in [0.25, 0.3) is 5.91 Å². The summed E-state index contributed by atoms with van der Waals surface area (Å²) in [4.78, 5) is 36.9. The van der Waals surface area contributed by atoms with E-state index in [9.17, 15) is 14.4 Å². The summed E-state index contributed by atoms with van der Waals surface area (Å²) in [5.74, 6) is -0.480. The fraction of sp³-hybridized carbons (Fsp3) is 0.765. The molecule has 1 N–H and O–H groups in total. The van der Waals surface area contributed by atoms with Gasteiger partial charge in [0, 0.05) is 11.1 Å². The number of nitrogens with one attached hydrogen (secondary N) is 1. The first-order valence-corrected chi connectivity index (χ1v) is 8.47. The van der Waals surface area contributed by atoms with Crippen LogP contribution in [0.3, 0.4) is 0 Å². The van der Waals surface area contributed by atoms with Crippen molar-refractivity contribution in [3.63, 3.8) is 0 Å². The number of carbonyl (C=O) groups excluding carboxylic acids is 3. The second-order valence-corrected chi connectivity index (χ2v) is 8.30. The van der Waals surface area contributed by atoms with Crippen molar-refractivity contribution in [2.24, 2.45) is 33.7 Å². The maximum Gasteiger partial charge on any atom is 0.260 e. The molecule has 6 nitrogen and oxygen atoms in total. The molecule has 0 aromatic heterocycles. The average Bonchev–Trinajstić information content (AvgIpc) is 3.18. The summed E-state index contributed by atoms with van der Waals surface area (Å²) in [6.45, 7) is 6.59. The van der Waals surface area contributed by atoms with Gasteiger partial charge in [0.15, 0.2) is 0 Å². The molecule has 3 amide bonds. The fourth-order valence-electron chi connectivity index (χ4n) is 4.81. The highest BCUT2D eigenvalue weighted by Gasteiger charge is 2.60. The number of rotatable bonds is 3. The van der Waals surface area contributed by atoms with Crippen LogP contribution in [-0.4, -0.2) is 34.9 Å². The summed E-state index contributed by atoms with van der Waals surface area (Å²) in [7, 11) is 0. The Kier molecular flexibility index (Phi) is 2.86. The van der Waals surface area contributed by atoms with E-state index >= 15 is 0 Å². The summed E-state index contributed by atoms with van der Waals surface area (Å²) < 4.78 is 0. The van der Waals surface area contributed by atoms with Crippen molar-refractivity contribution in [1.29, 1.82) is 0 Å². The van der Waals surface area contributed by atoms with Gasteiger partial charge in [0.05, 0.1) is 11.8 Å². The monoisotopic (exact) mass is 317 g/mol. The van der Waals surface area contributed by atoms with Crippen LogP contribution in [0.15, 0.2) is 5.10 Å². The van der Waals surface area contributed by atoms with Crippen LogP contribution < -0.4 is 5.43 Å². The van der Waals surface area contributed by atoms with Gasteiger partial charge in [-0.3, -0.25) is 19.3 Å². The third-order valence-electron chi connectivity index (χ3n) is 7.09. The van der Waals surface area contributed by atoms with Crippen LogP contribution in [0.5, 0.6) is 0 Å². The van der Waals surface area contributed by atoms with E-state index in [0.29, 0.717) is 12.3 Å². The maximum atomic E-state index is 12.1. The lowest BCUT2D eigenvalue weighted by molar-refractivity contribution is -0.144. The number of piperidine rings is 1. The number of imide groups is 1. The SMILES string of the molecule is CC12CCC(C/C1=N\NC(=O)CN1C(=O)C3CC3C1=O)C2(C)C. The first kappa shape index (κ1) is 14.8. The molecule has 4 fully saturated rings. The molecule has 23 heavy (non-hydrogen) atoms. The first-order chi connectivity index (χ1) is 10.8. The Hall–Kier alpha value is -1.72. The fourth-order valence-corrected chi connectivity index (χ4v) is 4.81. The van der Waals surface area contributed by atoms with Crippen LogP contribution in [0.4, 0.5) is 0 Å². The highest BCUT2D eigenvalue weighted by molar-refractivity contribution is 6.10. The smallest absolute Gasteiger partial charge is 0.260 e. The molecule has 1 aliphatic heterocycles. The summed E-state index contributed by atoms with van der Waals surface area (Å²) in [6, 6.07) is 0. The first-order valence-electron chi connectivity index (χ1n) is 8.47. The normalized spacial score (nSPS) is 41.6. The topological polar surface area (TPSA) is 78.8 Å². The molecule has 3 saturated carbocycles. The van der Waals surface area contributed by atoms with Crippen LogP contribution in [0.1, 0.15) is 46.5 Å². The van der Waals surface area contributed by atoms with E-state index in [-0.39, 0.29) is 46.9 Å². The number of hydrazone groups is 1. The zero-order valence-electron chi connectivity index (χ0n) is 13.9. The molecule has 4 aliphatic rings. The van der Waals surface area contributed by atoms with E-state index in [0.717, 1.165) is 23.5 Å². The molecule has 0 aromatic carbocycles. The van der Waals surface area contributed by atoms with Crippen molar-refractivity contribution < 1.29 is 14.4 Å². The Bertz CT molecular complexity index is 633. The molecule has 4 unspecified atom stereocenters. The van der Waals surface area contributed by atoms with Crippen LogP contribution >= 0.6 is 0 Å². The molecule has 0 radical (unpaired) electrons. The lowest BCUT2D eigenvalue weighted by atomic mass is 9.70. The van der Waals surface area contributed by atoms with Gasteiger partial charge in [-0.15, -0.1) is 0 Å². The molecule has 3 aliphatic carbocycles. The zero-order valence-corrected chi connectivity index (χ0v) is 13.9. The van der Waals surface area contributed by atoms with Crippen molar-refractivity contribution in [2.45, 2.75) is 46.5 Å². The summed E-state index contributed by atoms with van der Waals surface area (Å²) in [5.41, 5.74) is 3.86. The lowest BCUT2D eigenvalue weighted by Gasteiger charge is -2.34. The van der Waals surface area contributed by atoms with Gasteiger partial charge in [-0.2, -0.15) is 5.10 Å². The molecular weight excluding hydrogens is 294 g/mol. The minimum atomic E-state index is -0.385. The number of nitrogens with zero attached hydrogens (tertiary/aromatic N) is 2. The number of fused-ring (bicyclic) bond motifs is 3. The Balaban J connectivity index is 1.41.